The number of aliphatic hydroxyl groups excluding tert-OH is 1. The number of hydrogen-bond acceptors (Lipinski definition) is 2. The molecular weight excluding hydrogens is 219 g/mol. The highest BCUT2D eigenvalue weighted by atomic mass is 35.5. The molecule has 1 aromatic rings. The van der Waals surface area contributed by atoms with Crippen LogP contribution in [-0.2, 0) is 4.74 Å². The minimum Gasteiger partial charge on any atom is -0.393 e. The molecule has 1 fully saturated rings. The SMILES string of the molecule is OC1CCOC(c2c(F)cccc2Cl)C1. The molecule has 0 aliphatic carbocycles. The second kappa shape index (κ2) is 4.47. The van der Waals surface area contributed by atoms with Crippen molar-refractivity contribution >= 4 is 11.6 Å². The van der Waals surface area contributed by atoms with Crippen molar-refractivity contribution in [2.75, 3.05) is 6.61 Å². The van der Waals surface area contributed by atoms with Gasteiger partial charge in [0.1, 0.15) is 5.82 Å². The van der Waals surface area contributed by atoms with E-state index in [-0.39, 0.29) is 5.82 Å². The molecule has 1 aromatic carbocycles. The molecule has 1 saturated heterocycles. The lowest BCUT2D eigenvalue weighted by Crippen LogP contribution is -2.24. The number of halogens is 2. The fourth-order valence-corrected chi connectivity index (χ4v) is 2.08. The van der Waals surface area contributed by atoms with E-state index in [1.165, 1.54) is 6.07 Å². The van der Waals surface area contributed by atoms with Crippen LogP contribution in [0.4, 0.5) is 4.39 Å². The number of ether oxygens (including phenoxy) is 1. The molecule has 1 N–H and O–H groups in total. The molecule has 0 aromatic heterocycles. The first-order valence-corrected chi connectivity index (χ1v) is 5.30. The van der Waals surface area contributed by atoms with E-state index in [4.69, 9.17) is 16.3 Å². The molecule has 15 heavy (non-hydrogen) atoms. The maximum Gasteiger partial charge on any atom is 0.130 e. The summed E-state index contributed by atoms with van der Waals surface area (Å²) in [6.45, 7) is 0.441. The van der Waals surface area contributed by atoms with Crippen molar-refractivity contribution in [1.29, 1.82) is 0 Å². The highest BCUT2D eigenvalue weighted by Gasteiger charge is 2.26. The van der Waals surface area contributed by atoms with Crippen LogP contribution in [0.1, 0.15) is 24.5 Å². The van der Waals surface area contributed by atoms with Gasteiger partial charge in [0, 0.05) is 23.6 Å². The summed E-state index contributed by atoms with van der Waals surface area (Å²) >= 11 is 5.91. The van der Waals surface area contributed by atoms with Gasteiger partial charge in [0.2, 0.25) is 0 Å². The van der Waals surface area contributed by atoms with Crippen LogP contribution in [0.2, 0.25) is 5.02 Å². The molecule has 0 bridgehead atoms. The Balaban J connectivity index is 2.28. The number of benzene rings is 1. The average Bonchev–Trinajstić information content (AvgIpc) is 2.17. The van der Waals surface area contributed by atoms with Crippen molar-refractivity contribution in [3.63, 3.8) is 0 Å². The van der Waals surface area contributed by atoms with Gasteiger partial charge in [0.05, 0.1) is 12.2 Å². The van der Waals surface area contributed by atoms with Crippen molar-refractivity contribution in [1.82, 2.24) is 0 Å². The molecule has 2 unspecified atom stereocenters. The van der Waals surface area contributed by atoms with Crippen LogP contribution in [0.25, 0.3) is 0 Å². The van der Waals surface area contributed by atoms with Crippen molar-refractivity contribution in [3.05, 3.63) is 34.6 Å². The molecule has 82 valence electrons. The minimum atomic E-state index is -0.431. The Morgan fingerprint density at radius 2 is 2.27 bits per heavy atom. The molecule has 2 rings (SSSR count). The Kier molecular flexibility index (Phi) is 3.24. The Bertz CT molecular complexity index is 336. The molecule has 0 radical (unpaired) electrons. The molecule has 1 aliphatic rings. The Hall–Kier alpha value is -0.640. The first-order chi connectivity index (χ1) is 7.18. The van der Waals surface area contributed by atoms with Crippen LogP contribution < -0.4 is 0 Å². The quantitative estimate of drug-likeness (QED) is 0.804. The number of rotatable bonds is 1. The summed E-state index contributed by atoms with van der Waals surface area (Å²) < 4.78 is 18.9. The zero-order chi connectivity index (χ0) is 10.8. The van der Waals surface area contributed by atoms with Crippen LogP contribution >= 0.6 is 11.6 Å². The summed E-state index contributed by atoms with van der Waals surface area (Å²) in [4.78, 5) is 0. The molecular formula is C11H12ClFO2. The predicted octanol–water partition coefficient (Wildman–Crippen LogP) is 2.69. The highest BCUT2D eigenvalue weighted by Crippen LogP contribution is 2.34. The largest absolute Gasteiger partial charge is 0.393 e. The lowest BCUT2D eigenvalue weighted by molar-refractivity contribution is -0.0460. The number of aliphatic hydroxyl groups is 1. The van der Waals surface area contributed by atoms with Crippen LogP contribution in [0, 0.1) is 5.82 Å². The van der Waals surface area contributed by atoms with Gasteiger partial charge in [-0.2, -0.15) is 0 Å². The summed E-state index contributed by atoms with van der Waals surface area (Å²) in [5.41, 5.74) is 0.359. The van der Waals surface area contributed by atoms with Crippen molar-refractivity contribution in [2.24, 2.45) is 0 Å². The lowest BCUT2D eigenvalue weighted by atomic mass is 9.99. The lowest BCUT2D eigenvalue weighted by Gasteiger charge is -2.27. The second-order valence-electron chi connectivity index (χ2n) is 3.67. The zero-order valence-corrected chi connectivity index (χ0v) is 8.88. The maximum absolute atomic E-state index is 13.5. The average molecular weight is 231 g/mol. The summed E-state index contributed by atoms with van der Waals surface area (Å²) in [5, 5.41) is 9.83. The zero-order valence-electron chi connectivity index (χ0n) is 8.12. The van der Waals surface area contributed by atoms with Crippen LogP contribution in [0.5, 0.6) is 0 Å². The van der Waals surface area contributed by atoms with Gasteiger partial charge < -0.3 is 9.84 Å². The van der Waals surface area contributed by atoms with Gasteiger partial charge in [-0.3, -0.25) is 0 Å². The van der Waals surface area contributed by atoms with Crippen molar-refractivity contribution < 1.29 is 14.2 Å². The van der Waals surface area contributed by atoms with Gasteiger partial charge in [-0.15, -0.1) is 0 Å². The van der Waals surface area contributed by atoms with E-state index in [0.717, 1.165) is 0 Å². The fourth-order valence-electron chi connectivity index (χ4n) is 1.80. The molecule has 2 atom stereocenters. The van der Waals surface area contributed by atoms with Crippen LogP contribution in [-0.4, -0.2) is 17.8 Å². The van der Waals surface area contributed by atoms with Gasteiger partial charge in [-0.25, -0.2) is 4.39 Å². The third-order valence-electron chi connectivity index (χ3n) is 2.58. The predicted molar refractivity (Wildman–Crippen MR) is 55.3 cm³/mol. The summed E-state index contributed by atoms with van der Waals surface area (Å²) in [5.74, 6) is -0.374. The molecule has 1 heterocycles. The molecule has 2 nitrogen and oxygen atoms in total. The third-order valence-corrected chi connectivity index (χ3v) is 2.91. The standard InChI is InChI=1S/C11H12ClFO2/c12-8-2-1-3-9(13)11(8)10-6-7(14)4-5-15-10/h1-3,7,10,14H,4-6H2. The molecule has 0 saturated carbocycles. The van der Waals surface area contributed by atoms with E-state index in [0.29, 0.717) is 30.0 Å². The fraction of sp³-hybridized carbons (Fsp3) is 0.455. The third kappa shape index (κ3) is 2.30. The molecule has 0 amide bonds. The van der Waals surface area contributed by atoms with E-state index in [2.05, 4.69) is 0 Å². The summed E-state index contributed by atoms with van der Waals surface area (Å²) in [6, 6.07) is 4.54. The Labute approximate surface area is 92.6 Å². The van der Waals surface area contributed by atoms with Gasteiger partial charge in [-0.05, 0) is 18.6 Å². The van der Waals surface area contributed by atoms with Crippen LogP contribution in [0.3, 0.4) is 0 Å². The molecule has 4 heteroatoms. The van der Waals surface area contributed by atoms with E-state index < -0.39 is 12.2 Å². The normalized spacial score (nSPS) is 26.6. The monoisotopic (exact) mass is 230 g/mol. The minimum absolute atomic E-state index is 0.356. The van der Waals surface area contributed by atoms with E-state index in [1.54, 1.807) is 12.1 Å². The second-order valence-corrected chi connectivity index (χ2v) is 4.08. The summed E-state index contributed by atoms with van der Waals surface area (Å²) in [6.07, 6.45) is 0.144. The highest BCUT2D eigenvalue weighted by molar-refractivity contribution is 6.31. The maximum atomic E-state index is 13.5. The van der Waals surface area contributed by atoms with Gasteiger partial charge in [0.15, 0.2) is 0 Å². The van der Waals surface area contributed by atoms with E-state index in [1.807, 2.05) is 0 Å². The molecule has 0 spiro atoms. The Morgan fingerprint density at radius 3 is 2.93 bits per heavy atom. The first kappa shape index (κ1) is 10.9. The summed E-state index contributed by atoms with van der Waals surface area (Å²) in [7, 11) is 0. The van der Waals surface area contributed by atoms with Gasteiger partial charge in [0.25, 0.3) is 0 Å². The smallest absolute Gasteiger partial charge is 0.130 e. The first-order valence-electron chi connectivity index (χ1n) is 4.92. The number of hydrogen-bond donors (Lipinski definition) is 1. The van der Waals surface area contributed by atoms with Crippen molar-refractivity contribution in [2.45, 2.75) is 25.0 Å². The van der Waals surface area contributed by atoms with E-state index in [9.17, 15) is 9.50 Å². The van der Waals surface area contributed by atoms with E-state index >= 15 is 0 Å². The molecule has 1 aliphatic heterocycles. The van der Waals surface area contributed by atoms with Gasteiger partial charge in [-0.1, -0.05) is 17.7 Å². The topological polar surface area (TPSA) is 29.5 Å². The van der Waals surface area contributed by atoms with Crippen molar-refractivity contribution in [3.8, 4) is 0 Å². The Morgan fingerprint density at radius 1 is 1.47 bits per heavy atom. The van der Waals surface area contributed by atoms with Gasteiger partial charge >= 0.3 is 0 Å². The van der Waals surface area contributed by atoms with Crippen LogP contribution in [0.15, 0.2) is 18.2 Å².